The van der Waals surface area contributed by atoms with Crippen LogP contribution in [0.25, 0.3) is 0 Å². The average Bonchev–Trinajstić information content (AvgIpc) is 2.82. The van der Waals surface area contributed by atoms with Crippen molar-refractivity contribution in [3.8, 4) is 0 Å². The summed E-state index contributed by atoms with van der Waals surface area (Å²) < 4.78 is 0. The molecule has 0 aromatic rings. The Balaban J connectivity index is 1.59. The predicted molar refractivity (Wildman–Crippen MR) is 52.1 cm³/mol. The lowest BCUT2D eigenvalue weighted by Gasteiger charge is -2.37. The third kappa shape index (κ3) is 2.01. The van der Waals surface area contributed by atoms with Gasteiger partial charge in [0.2, 0.25) is 0 Å². The first kappa shape index (κ1) is 8.55. The van der Waals surface area contributed by atoms with Crippen LogP contribution >= 0.6 is 0 Å². The van der Waals surface area contributed by atoms with E-state index in [2.05, 4.69) is 12.2 Å². The van der Waals surface area contributed by atoms with Crippen LogP contribution in [0.4, 0.5) is 0 Å². The third-order valence-corrected chi connectivity index (χ3v) is 3.48. The quantitative estimate of drug-likeness (QED) is 0.663. The average molecular weight is 167 g/mol. The van der Waals surface area contributed by atoms with Crippen molar-refractivity contribution in [2.75, 3.05) is 6.54 Å². The van der Waals surface area contributed by atoms with Gasteiger partial charge in [0.15, 0.2) is 0 Å². The molecule has 0 bridgehead atoms. The number of hydrogen-bond donors (Lipinski definition) is 1. The van der Waals surface area contributed by atoms with Crippen LogP contribution in [0.5, 0.6) is 0 Å². The summed E-state index contributed by atoms with van der Waals surface area (Å²) in [5.74, 6) is 2.10. The monoisotopic (exact) mass is 167 g/mol. The summed E-state index contributed by atoms with van der Waals surface area (Å²) in [5, 5.41) is 3.65. The van der Waals surface area contributed by atoms with Crippen LogP contribution in [0.3, 0.4) is 0 Å². The Kier molecular flexibility index (Phi) is 2.69. The maximum absolute atomic E-state index is 3.65. The van der Waals surface area contributed by atoms with Crippen molar-refractivity contribution in [1.29, 1.82) is 0 Å². The summed E-state index contributed by atoms with van der Waals surface area (Å²) in [6.45, 7) is 3.62. The van der Waals surface area contributed by atoms with E-state index in [1.165, 1.54) is 45.1 Å². The highest BCUT2D eigenvalue weighted by Gasteiger charge is 2.31. The summed E-state index contributed by atoms with van der Waals surface area (Å²) >= 11 is 0. The Morgan fingerprint density at radius 2 is 1.83 bits per heavy atom. The molecule has 2 saturated carbocycles. The molecule has 12 heavy (non-hydrogen) atoms. The van der Waals surface area contributed by atoms with Crippen molar-refractivity contribution >= 4 is 0 Å². The van der Waals surface area contributed by atoms with E-state index in [-0.39, 0.29) is 0 Å². The first-order valence-electron chi connectivity index (χ1n) is 5.63. The van der Waals surface area contributed by atoms with Crippen molar-refractivity contribution in [2.24, 2.45) is 11.8 Å². The molecule has 1 heteroatoms. The molecule has 0 saturated heterocycles. The molecule has 0 radical (unpaired) electrons. The standard InChI is InChI=1S/C11H21N/c1-2-3-9-4-5-10(9)8-12-11-6-7-11/h9-12H,2-8H2,1H3. The Labute approximate surface area is 75.9 Å². The van der Waals surface area contributed by atoms with Crippen molar-refractivity contribution in [1.82, 2.24) is 5.32 Å². The fraction of sp³-hybridized carbons (Fsp3) is 1.00. The maximum Gasteiger partial charge on any atom is 0.00683 e. The van der Waals surface area contributed by atoms with Gasteiger partial charge in [-0.05, 0) is 44.1 Å². The summed E-state index contributed by atoms with van der Waals surface area (Å²) in [6, 6.07) is 0.910. The third-order valence-electron chi connectivity index (χ3n) is 3.48. The Morgan fingerprint density at radius 3 is 2.33 bits per heavy atom. The molecule has 0 spiro atoms. The Hall–Kier alpha value is -0.0400. The highest BCUT2D eigenvalue weighted by molar-refractivity contribution is 4.86. The van der Waals surface area contributed by atoms with E-state index in [1.54, 1.807) is 0 Å². The van der Waals surface area contributed by atoms with Gasteiger partial charge in [0.05, 0.1) is 0 Å². The van der Waals surface area contributed by atoms with Crippen molar-refractivity contribution in [3.63, 3.8) is 0 Å². The van der Waals surface area contributed by atoms with Gasteiger partial charge < -0.3 is 5.32 Å². The van der Waals surface area contributed by atoms with Gasteiger partial charge in [0.1, 0.15) is 0 Å². The molecule has 0 aromatic carbocycles. The minimum absolute atomic E-state index is 0.910. The second-order valence-corrected chi connectivity index (χ2v) is 4.57. The second kappa shape index (κ2) is 3.78. The van der Waals surface area contributed by atoms with Crippen LogP contribution in [0.1, 0.15) is 45.4 Å². The number of hydrogen-bond acceptors (Lipinski definition) is 1. The summed E-state index contributed by atoms with van der Waals surface area (Å²) in [5.41, 5.74) is 0. The zero-order valence-electron chi connectivity index (χ0n) is 8.18. The number of rotatable bonds is 5. The van der Waals surface area contributed by atoms with Gasteiger partial charge in [-0.25, -0.2) is 0 Å². The van der Waals surface area contributed by atoms with E-state index in [1.807, 2.05) is 0 Å². The highest BCUT2D eigenvalue weighted by Crippen LogP contribution is 2.37. The minimum atomic E-state index is 0.910. The Bertz CT molecular complexity index is 140. The molecule has 1 nitrogen and oxygen atoms in total. The highest BCUT2D eigenvalue weighted by atomic mass is 14.9. The zero-order chi connectivity index (χ0) is 8.39. The molecule has 2 aliphatic rings. The Morgan fingerprint density at radius 1 is 1.08 bits per heavy atom. The van der Waals surface area contributed by atoms with E-state index < -0.39 is 0 Å². The number of nitrogens with one attached hydrogen (secondary N) is 1. The van der Waals surface area contributed by atoms with Gasteiger partial charge >= 0.3 is 0 Å². The molecule has 0 aromatic heterocycles. The molecule has 0 amide bonds. The second-order valence-electron chi connectivity index (χ2n) is 4.57. The van der Waals surface area contributed by atoms with Crippen LogP contribution < -0.4 is 5.32 Å². The molecular formula is C11H21N. The molecule has 70 valence electrons. The first-order chi connectivity index (χ1) is 5.90. The molecule has 1 N–H and O–H groups in total. The predicted octanol–water partition coefficient (Wildman–Crippen LogP) is 2.56. The SMILES string of the molecule is CCCC1CCC1CNC1CC1. The largest absolute Gasteiger partial charge is 0.314 e. The molecule has 0 aliphatic heterocycles. The smallest absolute Gasteiger partial charge is 0.00683 e. The molecular weight excluding hydrogens is 146 g/mol. The van der Waals surface area contributed by atoms with E-state index in [0.29, 0.717) is 0 Å². The van der Waals surface area contributed by atoms with E-state index in [9.17, 15) is 0 Å². The van der Waals surface area contributed by atoms with Crippen molar-refractivity contribution in [3.05, 3.63) is 0 Å². The molecule has 2 rings (SSSR count). The topological polar surface area (TPSA) is 12.0 Å². The fourth-order valence-electron chi connectivity index (χ4n) is 2.26. The minimum Gasteiger partial charge on any atom is -0.314 e. The van der Waals surface area contributed by atoms with E-state index in [4.69, 9.17) is 0 Å². The zero-order valence-corrected chi connectivity index (χ0v) is 8.18. The van der Waals surface area contributed by atoms with Crippen LogP contribution in [0.2, 0.25) is 0 Å². The molecule has 2 unspecified atom stereocenters. The van der Waals surface area contributed by atoms with Gasteiger partial charge in [-0.1, -0.05) is 19.8 Å². The van der Waals surface area contributed by atoms with Gasteiger partial charge in [-0.15, -0.1) is 0 Å². The molecule has 2 atom stereocenters. The molecule has 0 heterocycles. The van der Waals surface area contributed by atoms with Crippen LogP contribution in [-0.2, 0) is 0 Å². The first-order valence-corrected chi connectivity index (χ1v) is 5.63. The molecule has 2 aliphatic carbocycles. The van der Waals surface area contributed by atoms with Crippen LogP contribution in [0.15, 0.2) is 0 Å². The summed E-state index contributed by atoms with van der Waals surface area (Å²) in [4.78, 5) is 0. The lowest BCUT2D eigenvalue weighted by atomic mass is 9.71. The van der Waals surface area contributed by atoms with Gasteiger partial charge in [-0.3, -0.25) is 0 Å². The van der Waals surface area contributed by atoms with Gasteiger partial charge in [0.25, 0.3) is 0 Å². The summed E-state index contributed by atoms with van der Waals surface area (Å²) in [7, 11) is 0. The van der Waals surface area contributed by atoms with E-state index in [0.717, 1.165) is 17.9 Å². The van der Waals surface area contributed by atoms with Crippen molar-refractivity contribution in [2.45, 2.75) is 51.5 Å². The maximum atomic E-state index is 3.65. The fourth-order valence-corrected chi connectivity index (χ4v) is 2.26. The van der Waals surface area contributed by atoms with Crippen LogP contribution in [-0.4, -0.2) is 12.6 Å². The van der Waals surface area contributed by atoms with Gasteiger partial charge in [-0.2, -0.15) is 0 Å². The van der Waals surface area contributed by atoms with Crippen LogP contribution in [0, 0.1) is 11.8 Å². The lowest BCUT2D eigenvalue weighted by Crippen LogP contribution is -2.35. The normalized spacial score (nSPS) is 34.8. The summed E-state index contributed by atoms with van der Waals surface area (Å²) in [6.07, 6.45) is 8.72. The van der Waals surface area contributed by atoms with E-state index >= 15 is 0 Å². The molecule has 2 fully saturated rings. The lowest BCUT2D eigenvalue weighted by molar-refractivity contribution is 0.159. The van der Waals surface area contributed by atoms with Gasteiger partial charge in [0, 0.05) is 6.04 Å². The van der Waals surface area contributed by atoms with Crippen molar-refractivity contribution < 1.29 is 0 Å².